The largest absolute Gasteiger partial charge is 0.383 e. The predicted octanol–water partition coefficient (Wildman–Crippen LogP) is 4.26. The zero-order chi connectivity index (χ0) is 14.9. The van der Waals surface area contributed by atoms with E-state index in [2.05, 4.69) is 55.9 Å². The smallest absolute Gasteiger partial charge is 0.134 e. The Bertz CT molecular complexity index is 636. The third kappa shape index (κ3) is 3.12. The van der Waals surface area contributed by atoms with Crippen molar-refractivity contribution in [3.05, 3.63) is 40.7 Å². The van der Waals surface area contributed by atoms with Gasteiger partial charge in [0.25, 0.3) is 0 Å². The minimum absolute atomic E-state index is 0.274. The molecule has 1 aromatic carbocycles. The van der Waals surface area contributed by atoms with Crippen LogP contribution in [-0.4, -0.2) is 9.97 Å². The van der Waals surface area contributed by atoms with Crippen LogP contribution in [0.1, 0.15) is 42.3 Å². The van der Waals surface area contributed by atoms with Crippen LogP contribution in [0.25, 0.3) is 0 Å². The molecular formula is C16H21N3S. The van der Waals surface area contributed by atoms with E-state index in [0.29, 0.717) is 5.82 Å². The second kappa shape index (κ2) is 5.83. The molecule has 0 unspecified atom stereocenters. The van der Waals surface area contributed by atoms with Gasteiger partial charge in [0.1, 0.15) is 16.7 Å². The summed E-state index contributed by atoms with van der Waals surface area (Å²) in [6.07, 6.45) is 0. The normalized spacial score (nSPS) is 11.1. The van der Waals surface area contributed by atoms with Crippen LogP contribution < -0.4 is 5.73 Å². The molecule has 2 N–H and O–H groups in total. The van der Waals surface area contributed by atoms with E-state index < -0.39 is 0 Å². The van der Waals surface area contributed by atoms with Gasteiger partial charge in [-0.05, 0) is 38.0 Å². The zero-order valence-electron chi connectivity index (χ0n) is 12.7. The maximum atomic E-state index is 6.02. The van der Waals surface area contributed by atoms with Gasteiger partial charge in [0.15, 0.2) is 0 Å². The van der Waals surface area contributed by atoms with Crippen molar-refractivity contribution in [1.82, 2.24) is 9.97 Å². The maximum Gasteiger partial charge on any atom is 0.134 e. The molecule has 0 atom stereocenters. The lowest BCUT2D eigenvalue weighted by Crippen LogP contribution is -2.05. The van der Waals surface area contributed by atoms with Crippen LogP contribution in [-0.2, 0) is 0 Å². The van der Waals surface area contributed by atoms with Crippen molar-refractivity contribution in [3.63, 3.8) is 0 Å². The van der Waals surface area contributed by atoms with Crippen molar-refractivity contribution < 1.29 is 0 Å². The van der Waals surface area contributed by atoms with Gasteiger partial charge in [0.2, 0.25) is 0 Å². The Kier molecular flexibility index (Phi) is 4.33. The summed E-state index contributed by atoms with van der Waals surface area (Å²) in [5.74, 6) is 1.66. The number of nitrogen functional groups attached to an aromatic ring is 1. The van der Waals surface area contributed by atoms with Crippen LogP contribution in [0.3, 0.4) is 0 Å². The lowest BCUT2D eigenvalue weighted by molar-refractivity contribution is 0.751. The molecule has 0 amide bonds. The molecule has 0 aliphatic heterocycles. The summed E-state index contributed by atoms with van der Waals surface area (Å²) in [7, 11) is 0. The lowest BCUT2D eigenvalue weighted by Gasteiger charge is -2.12. The van der Waals surface area contributed by atoms with Crippen molar-refractivity contribution in [2.24, 2.45) is 0 Å². The quantitative estimate of drug-likeness (QED) is 0.857. The Labute approximate surface area is 125 Å². The Morgan fingerprint density at radius 3 is 2.45 bits per heavy atom. The monoisotopic (exact) mass is 287 g/mol. The van der Waals surface area contributed by atoms with Crippen LogP contribution in [0.2, 0.25) is 0 Å². The fourth-order valence-corrected chi connectivity index (χ4v) is 2.89. The van der Waals surface area contributed by atoms with Crippen LogP contribution in [0.15, 0.2) is 28.1 Å². The minimum Gasteiger partial charge on any atom is -0.383 e. The molecule has 3 nitrogen and oxygen atoms in total. The number of hydrogen-bond donors (Lipinski definition) is 1. The SMILES string of the molecule is Cc1ccc(C)c(Sc2nc(C(C)C)nc(N)c2C)c1. The van der Waals surface area contributed by atoms with Gasteiger partial charge in [-0.15, -0.1) is 0 Å². The third-order valence-corrected chi connectivity index (χ3v) is 4.47. The summed E-state index contributed by atoms with van der Waals surface area (Å²) in [6, 6.07) is 6.45. The molecule has 20 heavy (non-hydrogen) atoms. The molecular weight excluding hydrogens is 266 g/mol. The number of anilines is 1. The van der Waals surface area contributed by atoms with Crippen molar-refractivity contribution >= 4 is 17.6 Å². The summed E-state index contributed by atoms with van der Waals surface area (Å²) >= 11 is 1.67. The van der Waals surface area contributed by atoms with Gasteiger partial charge in [-0.2, -0.15) is 0 Å². The fourth-order valence-electron chi connectivity index (χ4n) is 1.81. The fraction of sp³-hybridized carbons (Fsp3) is 0.375. The van der Waals surface area contributed by atoms with E-state index >= 15 is 0 Å². The molecule has 0 bridgehead atoms. The number of benzene rings is 1. The first-order valence-corrected chi connectivity index (χ1v) is 7.59. The van der Waals surface area contributed by atoms with Crippen LogP contribution in [0.5, 0.6) is 0 Å². The van der Waals surface area contributed by atoms with Crippen molar-refractivity contribution in [1.29, 1.82) is 0 Å². The van der Waals surface area contributed by atoms with E-state index in [1.807, 2.05) is 6.92 Å². The van der Waals surface area contributed by atoms with E-state index in [9.17, 15) is 0 Å². The number of hydrogen-bond acceptors (Lipinski definition) is 4. The number of nitrogens with zero attached hydrogens (tertiary/aromatic N) is 2. The number of aromatic nitrogens is 2. The average Bonchev–Trinajstić information content (AvgIpc) is 2.38. The molecule has 0 saturated heterocycles. The van der Waals surface area contributed by atoms with E-state index in [-0.39, 0.29) is 5.92 Å². The lowest BCUT2D eigenvalue weighted by atomic mass is 10.2. The van der Waals surface area contributed by atoms with Gasteiger partial charge in [-0.25, -0.2) is 9.97 Å². The number of aryl methyl sites for hydroxylation is 2. The average molecular weight is 287 g/mol. The summed E-state index contributed by atoms with van der Waals surface area (Å²) in [4.78, 5) is 10.3. The van der Waals surface area contributed by atoms with Gasteiger partial charge < -0.3 is 5.73 Å². The highest BCUT2D eigenvalue weighted by Gasteiger charge is 2.13. The summed E-state index contributed by atoms with van der Waals surface area (Å²) in [5, 5.41) is 0.954. The molecule has 106 valence electrons. The Morgan fingerprint density at radius 1 is 1.10 bits per heavy atom. The highest BCUT2D eigenvalue weighted by Crippen LogP contribution is 2.33. The van der Waals surface area contributed by atoms with Gasteiger partial charge >= 0.3 is 0 Å². The number of nitrogens with two attached hydrogens (primary N) is 1. The van der Waals surface area contributed by atoms with Gasteiger partial charge in [-0.3, -0.25) is 0 Å². The minimum atomic E-state index is 0.274. The molecule has 0 fully saturated rings. The molecule has 0 aliphatic rings. The highest BCUT2D eigenvalue weighted by molar-refractivity contribution is 7.99. The Morgan fingerprint density at radius 2 is 1.80 bits per heavy atom. The molecule has 1 aromatic heterocycles. The summed E-state index contributed by atoms with van der Waals surface area (Å²) < 4.78 is 0. The molecule has 2 rings (SSSR count). The second-order valence-electron chi connectivity index (χ2n) is 5.42. The summed E-state index contributed by atoms with van der Waals surface area (Å²) in [5.41, 5.74) is 9.48. The van der Waals surface area contributed by atoms with Gasteiger partial charge in [0.05, 0.1) is 0 Å². The van der Waals surface area contributed by atoms with Crippen molar-refractivity contribution in [2.45, 2.75) is 50.5 Å². The molecule has 0 spiro atoms. The highest BCUT2D eigenvalue weighted by atomic mass is 32.2. The van der Waals surface area contributed by atoms with E-state index in [4.69, 9.17) is 5.73 Å². The van der Waals surface area contributed by atoms with Crippen LogP contribution >= 0.6 is 11.8 Å². The van der Waals surface area contributed by atoms with E-state index in [1.54, 1.807) is 11.8 Å². The molecule has 4 heteroatoms. The van der Waals surface area contributed by atoms with Gasteiger partial charge in [-0.1, -0.05) is 37.7 Å². The first-order chi connectivity index (χ1) is 9.38. The molecule has 1 heterocycles. The third-order valence-electron chi connectivity index (χ3n) is 3.22. The van der Waals surface area contributed by atoms with Crippen molar-refractivity contribution in [2.75, 3.05) is 5.73 Å². The van der Waals surface area contributed by atoms with Crippen LogP contribution in [0, 0.1) is 20.8 Å². The predicted molar refractivity (Wildman–Crippen MR) is 85.3 cm³/mol. The molecule has 2 aromatic rings. The topological polar surface area (TPSA) is 51.8 Å². The molecule has 0 saturated carbocycles. The van der Waals surface area contributed by atoms with Crippen LogP contribution in [0.4, 0.5) is 5.82 Å². The van der Waals surface area contributed by atoms with Gasteiger partial charge in [0, 0.05) is 16.4 Å². The zero-order valence-corrected chi connectivity index (χ0v) is 13.5. The standard InChI is InChI=1S/C16H21N3S/c1-9(2)15-18-14(17)12(5)16(19-15)20-13-8-10(3)6-7-11(13)4/h6-9H,1-5H3,(H2,17,18,19). The van der Waals surface area contributed by atoms with E-state index in [1.165, 1.54) is 16.0 Å². The maximum absolute atomic E-state index is 6.02. The first kappa shape index (κ1) is 14.9. The van der Waals surface area contributed by atoms with E-state index in [0.717, 1.165) is 16.4 Å². The Balaban J connectivity index is 2.45. The summed E-state index contributed by atoms with van der Waals surface area (Å²) in [6.45, 7) is 10.4. The second-order valence-corrected chi connectivity index (χ2v) is 6.45. The molecule has 0 radical (unpaired) electrons. The van der Waals surface area contributed by atoms with Crippen molar-refractivity contribution in [3.8, 4) is 0 Å². The molecule has 0 aliphatic carbocycles. The first-order valence-electron chi connectivity index (χ1n) is 6.77. The number of rotatable bonds is 3. The Hall–Kier alpha value is -1.55.